The molecule has 0 radical (unpaired) electrons. The molecule has 0 amide bonds. The Kier molecular flexibility index (Phi) is 9.54. The maximum atomic E-state index is 9.55. The van der Waals surface area contributed by atoms with E-state index in [9.17, 15) is 9.59 Å². The number of nitrogens with zero attached hydrogens (tertiary/aromatic N) is 3. The lowest BCUT2D eigenvalue weighted by molar-refractivity contribution is -0.134. The number of benzene rings is 2. The molecule has 1 atom stereocenters. The summed E-state index contributed by atoms with van der Waals surface area (Å²) in [5.41, 5.74) is 2.77. The summed E-state index contributed by atoms with van der Waals surface area (Å²) in [4.78, 5) is 26.8. The molecule has 2 heterocycles. The van der Waals surface area contributed by atoms with Gasteiger partial charge in [-0.05, 0) is 41.8 Å². The van der Waals surface area contributed by atoms with Crippen molar-refractivity contribution in [3.63, 3.8) is 0 Å². The second kappa shape index (κ2) is 12.6. The lowest BCUT2D eigenvalue weighted by Crippen LogP contribution is -2.48. The Hall–Kier alpha value is -2.83. The molecular formula is C25H26ClN3O4S. The van der Waals surface area contributed by atoms with Crippen molar-refractivity contribution < 1.29 is 19.8 Å². The molecule has 2 aromatic carbocycles. The second-order valence-electron chi connectivity index (χ2n) is 7.91. The molecule has 0 bridgehead atoms. The van der Waals surface area contributed by atoms with Crippen molar-refractivity contribution in [3.8, 4) is 6.07 Å². The molecule has 0 saturated carbocycles. The summed E-state index contributed by atoms with van der Waals surface area (Å²) in [6, 6.07) is 17.7. The average Bonchev–Trinajstić information content (AvgIpc) is 2.99. The second-order valence-corrected chi connectivity index (χ2v) is 9.43. The summed E-state index contributed by atoms with van der Waals surface area (Å²) >= 11 is 8.22. The summed E-state index contributed by atoms with van der Waals surface area (Å²) < 4.78 is 0. The lowest BCUT2D eigenvalue weighted by Gasteiger charge is -2.39. The van der Waals surface area contributed by atoms with E-state index in [0.717, 1.165) is 44.2 Å². The molecule has 7 nitrogen and oxygen atoms in total. The third-order valence-corrected chi connectivity index (χ3v) is 7.14. The summed E-state index contributed by atoms with van der Waals surface area (Å²) in [6.45, 7) is 5.02. The fraction of sp³-hybridized carbons (Fsp3) is 0.320. The maximum Gasteiger partial charge on any atom is 0.328 e. The zero-order valence-electron chi connectivity index (χ0n) is 18.6. The first-order chi connectivity index (χ1) is 16.4. The van der Waals surface area contributed by atoms with E-state index in [1.807, 2.05) is 17.8 Å². The largest absolute Gasteiger partial charge is 0.478 e. The van der Waals surface area contributed by atoms with Gasteiger partial charge in [-0.25, -0.2) is 9.59 Å². The molecule has 0 aromatic heterocycles. The van der Waals surface area contributed by atoms with E-state index in [1.165, 1.54) is 20.9 Å². The van der Waals surface area contributed by atoms with Gasteiger partial charge in [0.05, 0.1) is 6.07 Å². The van der Waals surface area contributed by atoms with Crippen LogP contribution in [0.3, 0.4) is 0 Å². The van der Waals surface area contributed by atoms with Crippen LogP contribution in [0.25, 0.3) is 0 Å². The summed E-state index contributed by atoms with van der Waals surface area (Å²) in [5, 5.41) is 25.2. The predicted molar refractivity (Wildman–Crippen MR) is 131 cm³/mol. The van der Waals surface area contributed by atoms with E-state index in [-0.39, 0.29) is 0 Å². The van der Waals surface area contributed by atoms with Crippen LogP contribution in [0, 0.1) is 11.3 Å². The third-order valence-electron chi connectivity index (χ3n) is 5.69. The number of halogens is 1. The Morgan fingerprint density at radius 2 is 1.74 bits per heavy atom. The molecule has 34 heavy (non-hydrogen) atoms. The number of piperazine rings is 1. The number of aliphatic carboxylic acids is 2. The standard InChI is InChI=1S/C21H22ClN3S.C4H4O4/c22-17-6-7-21-18(15-17)19(14-16-4-1-2-5-20(16)26-21)25-12-10-24(11-13-25)9-3-8-23;5-3(6)1-2-4(7)8/h1-2,4-7,15,19H,3,9-14H2;1-2H,(H,5,6)(H,7,8)/b;2-1+. The van der Waals surface area contributed by atoms with Crippen molar-refractivity contribution in [2.45, 2.75) is 28.7 Å². The fourth-order valence-corrected chi connectivity index (χ4v) is 5.35. The number of fused-ring (bicyclic) bond motifs is 2. The van der Waals surface area contributed by atoms with Crippen LogP contribution in [0.15, 0.2) is 64.4 Å². The normalized spacial score (nSPS) is 18.1. The number of nitriles is 1. The number of hydrogen-bond acceptors (Lipinski definition) is 6. The third kappa shape index (κ3) is 7.34. The van der Waals surface area contributed by atoms with Gasteiger partial charge in [-0.1, -0.05) is 41.6 Å². The molecule has 2 aliphatic heterocycles. The highest BCUT2D eigenvalue weighted by Crippen LogP contribution is 2.43. The zero-order valence-corrected chi connectivity index (χ0v) is 20.1. The Morgan fingerprint density at radius 1 is 1.06 bits per heavy atom. The molecule has 178 valence electrons. The first-order valence-electron chi connectivity index (χ1n) is 10.9. The lowest BCUT2D eigenvalue weighted by atomic mass is 9.96. The van der Waals surface area contributed by atoms with Crippen LogP contribution in [0.2, 0.25) is 5.02 Å². The van der Waals surface area contributed by atoms with Crippen molar-refractivity contribution in [2.24, 2.45) is 0 Å². The van der Waals surface area contributed by atoms with Gasteiger partial charge in [-0.2, -0.15) is 5.26 Å². The Morgan fingerprint density at radius 3 is 2.38 bits per heavy atom. The van der Waals surface area contributed by atoms with E-state index in [4.69, 9.17) is 27.1 Å². The highest BCUT2D eigenvalue weighted by Gasteiger charge is 2.30. The molecule has 0 aliphatic carbocycles. The number of rotatable bonds is 5. The number of carboxylic acids is 2. The van der Waals surface area contributed by atoms with Gasteiger partial charge in [0.25, 0.3) is 0 Å². The molecule has 1 fully saturated rings. The Balaban J connectivity index is 0.000000350. The van der Waals surface area contributed by atoms with Gasteiger partial charge in [0, 0.05) is 72.2 Å². The predicted octanol–water partition coefficient (Wildman–Crippen LogP) is 4.33. The Labute approximate surface area is 208 Å². The molecule has 2 aromatic rings. The van der Waals surface area contributed by atoms with Crippen molar-refractivity contribution in [1.29, 1.82) is 5.26 Å². The molecule has 2 N–H and O–H groups in total. The van der Waals surface area contributed by atoms with Crippen LogP contribution < -0.4 is 0 Å². The number of carboxylic acid groups (broad SMARTS) is 2. The molecule has 0 spiro atoms. The van der Waals surface area contributed by atoms with Crippen LogP contribution in [-0.2, 0) is 16.0 Å². The number of hydrogen-bond donors (Lipinski definition) is 2. The van der Waals surface area contributed by atoms with Gasteiger partial charge in [-0.3, -0.25) is 9.80 Å². The summed E-state index contributed by atoms with van der Waals surface area (Å²) in [7, 11) is 0. The minimum atomic E-state index is -1.26. The van der Waals surface area contributed by atoms with E-state index < -0.39 is 11.9 Å². The van der Waals surface area contributed by atoms with Gasteiger partial charge in [0.1, 0.15) is 0 Å². The molecule has 2 aliphatic rings. The van der Waals surface area contributed by atoms with E-state index in [2.05, 4.69) is 52.3 Å². The molecular weight excluding hydrogens is 474 g/mol. The first kappa shape index (κ1) is 25.8. The van der Waals surface area contributed by atoms with Crippen molar-refractivity contribution in [1.82, 2.24) is 9.80 Å². The molecule has 9 heteroatoms. The smallest absolute Gasteiger partial charge is 0.328 e. The van der Waals surface area contributed by atoms with E-state index in [1.54, 1.807) is 0 Å². The molecule has 1 saturated heterocycles. The van der Waals surface area contributed by atoms with Crippen LogP contribution in [-0.4, -0.2) is 64.7 Å². The fourth-order valence-electron chi connectivity index (χ4n) is 4.06. The molecule has 4 rings (SSSR count). The summed E-state index contributed by atoms with van der Waals surface area (Å²) in [6.07, 6.45) is 2.76. The quantitative estimate of drug-likeness (QED) is 0.585. The van der Waals surface area contributed by atoms with E-state index >= 15 is 0 Å². The zero-order chi connectivity index (χ0) is 24.5. The van der Waals surface area contributed by atoms with Crippen LogP contribution in [0.1, 0.15) is 23.6 Å². The highest BCUT2D eigenvalue weighted by atomic mass is 35.5. The average molecular weight is 500 g/mol. The minimum Gasteiger partial charge on any atom is -0.478 e. The van der Waals surface area contributed by atoms with Crippen LogP contribution in [0.5, 0.6) is 0 Å². The van der Waals surface area contributed by atoms with Gasteiger partial charge in [0.2, 0.25) is 0 Å². The van der Waals surface area contributed by atoms with Gasteiger partial charge in [0.15, 0.2) is 0 Å². The number of carbonyl (C=O) groups is 2. The monoisotopic (exact) mass is 499 g/mol. The highest BCUT2D eigenvalue weighted by molar-refractivity contribution is 7.99. The van der Waals surface area contributed by atoms with Crippen LogP contribution >= 0.6 is 23.4 Å². The van der Waals surface area contributed by atoms with Gasteiger partial charge >= 0.3 is 11.9 Å². The van der Waals surface area contributed by atoms with Crippen molar-refractivity contribution in [3.05, 3.63) is 70.8 Å². The van der Waals surface area contributed by atoms with Gasteiger partial charge < -0.3 is 10.2 Å². The Bertz CT molecular complexity index is 1080. The van der Waals surface area contributed by atoms with Crippen molar-refractivity contribution in [2.75, 3.05) is 32.7 Å². The maximum absolute atomic E-state index is 9.55. The topological polar surface area (TPSA) is 105 Å². The minimum absolute atomic E-state index is 0.359. The summed E-state index contributed by atoms with van der Waals surface area (Å²) in [5.74, 6) is -2.51. The molecule has 1 unspecified atom stereocenters. The van der Waals surface area contributed by atoms with E-state index in [0.29, 0.717) is 24.6 Å². The van der Waals surface area contributed by atoms with Gasteiger partial charge in [-0.15, -0.1) is 0 Å². The van der Waals surface area contributed by atoms with Crippen molar-refractivity contribution >= 4 is 35.3 Å². The van der Waals surface area contributed by atoms with Crippen LogP contribution in [0.4, 0.5) is 0 Å². The SMILES string of the molecule is N#CCCN1CCN(C2Cc3ccccc3Sc3ccc(Cl)cc32)CC1.O=C(O)/C=C/C(=O)O. The first-order valence-corrected chi connectivity index (χ1v) is 12.1.